The van der Waals surface area contributed by atoms with E-state index in [0.717, 1.165) is 33.5 Å². The summed E-state index contributed by atoms with van der Waals surface area (Å²) in [5.41, 5.74) is 5.75. The highest BCUT2D eigenvalue weighted by molar-refractivity contribution is 7.13. The SMILES string of the molecule is CC(C)(C(=O)Nc1nc(Cc2ccc(-c3ccncc3)cc2)cs1)C(c1ccccc1)c1ccc(Cl)cc1. The van der Waals surface area contributed by atoms with E-state index in [1.165, 1.54) is 11.3 Å². The number of nitrogens with one attached hydrogen (secondary N) is 1. The molecule has 1 unspecified atom stereocenters. The third-order valence-corrected chi connectivity index (χ3v) is 7.83. The molecule has 1 amide bonds. The Hall–Kier alpha value is -3.80. The number of hydrogen-bond donors (Lipinski definition) is 1. The quantitative estimate of drug-likeness (QED) is 0.217. The number of pyridine rings is 1. The van der Waals surface area contributed by atoms with Crippen LogP contribution < -0.4 is 5.32 Å². The third kappa shape index (κ3) is 5.85. The number of anilines is 1. The molecule has 0 bridgehead atoms. The Morgan fingerprint density at radius 3 is 2.18 bits per heavy atom. The van der Waals surface area contributed by atoms with E-state index in [-0.39, 0.29) is 11.8 Å². The normalized spacial score (nSPS) is 12.2. The molecule has 0 saturated carbocycles. The fraction of sp³-hybridized carbons (Fsp3) is 0.156. The fourth-order valence-corrected chi connectivity index (χ4v) is 5.56. The van der Waals surface area contributed by atoms with E-state index in [4.69, 9.17) is 16.6 Å². The van der Waals surface area contributed by atoms with Gasteiger partial charge < -0.3 is 5.32 Å². The van der Waals surface area contributed by atoms with E-state index in [0.29, 0.717) is 16.6 Å². The zero-order valence-corrected chi connectivity index (χ0v) is 22.8. The number of carbonyl (C=O) groups excluding carboxylic acids is 1. The van der Waals surface area contributed by atoms with Crippen LogP contribution >= 0.6 is 22.9 Å². The summed E-state index contributed by atoms with van der Waals surface area (Å²) in [7, 11) is 0. The molecular formula is C32H28ClN3OS. The van der Waals surface area contributed by atoms with Gasteiger partial charge >= 0.3 is 0 Å². The number of aromatic nitrogens is 2. The molecule has 6 heteroatoms. The van der Waals surface area contributed by atoms with Crippen LogP contribution in [0.3, 0.4) is 0 Å². The lowest BCUT2D eigenvalue weighted by atomic mass is 9.70. The molecule has 0 aliphatic rings. The lowest BCUT2D eigenvalue weighted by Gasteiger charge is -2.33. The molecule has 2 heterocycles. The molecule has 0 fully saturated rings. The van der Waals surface area contributed by atoms with Gasteiger partial charge in [-0.25, -0.2) is 4.98 Å². The lowest BCUT2D eigenvalue weighted by Crippen LogP contribution is -2.37. The number of rotatable bonds is 8. The molecule has 0 aliphatic heterocycles. The van der Waals surface area contributed by atoms with E-state index in [9.17, 15) is 4.79 Å². The zero-order valence-electron chi connectivity index (χ0n) is 21.3. The number of carbonyl (C=O) groups is 1. The molecule has 4 nitrogen and oxygen atoms in total. The highest BCUT2D eigenvalue weighted by Crippen LogP contribution is 2.42. The van der Waals surface area contributed by atoms with Crippen LogP contribution in [0.5, 0.6) is 0 Å². The summed E-state index contributed by atoms with van der Waals surface area (Å²) < 4.78 is 0. The monoisotopic (exact) mass is 537 g/mol. The molecule has 2 aromatic heterocycles. The first-order valence-corrected chi connectivity index (χ1v) is 13.7. The summed E-state index contributed by atoms with van der Waals surface area (Å²) in [6.07, 6.45) is 4.30. The van der Waals surface area contributed by atoms with E-state index in [1.807, 2.05) is 73.8 Å². The van der Waals surface area contributed by atoms with Crippen LogP contribution in [0.15, 0.2) is 109 Å². The average Bonchev–Trinajstić information content (AvgIpc) is 3.38. The van der Waals surface area contributed by atoms with Crippen molar-refractivity contribution < 1.29 is 4.79 Å². The molecule has 0 saturated heterocycles. The Bertz CT molecular complexity index is 1500. The lowest BCUT2D eigenvalue weighted by molar-refractivity contribution is -0.124. The van der Waals surface area contributed by atoms with Crippen molar-refractivity contribution in [2.75, 3.05) is 5.32 Å². The minimum Gasteiger partial charge on any atom is -0.301 e. The molecule has 0 aliphatic carbocycles. The standard InChI is InChI=1S/C32H28ClN3OS/c1-32(2,29(25-6-4-3-5-7-25)26-12-14-27(33)15-13-26)30(37)36-31-35-28(21-38-31)20-22-8-10-23(11-9-22)24-16-18-34-19-17-24/h3-19,21,29H,20H2,1-2H3,(H,35,36,37). The Morgan fingerprint density at radius 2 is 1.50 bits per heavy atom. The first-order chi connectivity index (χ1) is 18.4. The maximum Gasteiger partial charge on any atom is 0.232 e. The third-order valence-electron chi connectivity index (χ3n) is 6.77. The second-order valence-electron chi connectivity index (χ2n) is 9.82. The van der Waals surface area contributed by atoms with Crippen LogP contribution in [0.25, 0.3) is 11.1 Å². The number of benzene rings is 3. The van der Waals surface area contributed by atoms with Crippen molar-refractivity contribution in [2.24, 2.45) is 5.41 Å². The summed E-state index contributed by atoms with van der Waals surface area (Å²) >= 11 is 7.61. The van der Waals surface area contributed by atoms with Gasteiger partial charge in [0.05, 0.1) is 11.1 Å². The second-order valence-corrected chi connectivity index (χ2v) is 11.1. The van der Waals surface area contributed by atoms with Gasteiger partial charge in [0.15, 0.2) is 5.13 Å². The highest BCUT2D eigenvalue weighted by atomic mass is 35.5. The molecule has 5 aromatic rings. The van der Waals surface area contributed by atoms with Crippen LogP contribution in [0.2, 0.25) is 5.02 Å². The van der Waals surface area contributed by atoms with Crippen molar-refractivity contribution in [1.82, 2.24) is 9.97 Å². The van der Waals surface area contributed by atoms with Gasteiger partial charge in [-0.05, 0) is 52.1 Å². The highest BCUT2D eigenvalue weighted by Gasteiger charge is 2.39. The number of amides is 1. The minimum absolute atomic E-state index is 0.0797. The number of hydrogen-bond acceptors (Lipinski definition) is 4. The Morgan fingerprint density at radius 1 is 0.868 bits per heavy atom. The fourth-order valence-electron chi connectivity index (χ4n) is 4.73. The first kappa shape index (κ1) is 25.8. The van der Waals surface area contributed by atoms with Gasteiger partial charge in [-0.3, -0.25) is 9.78 Å². The predicted molar refractivity (Wildman–Crippen MR) is 157 cm³/mol. The molecule has 5 rings (SSSR count). The van der Waals surface area contributed by atoms with Gasteiger partial charge in [0.2, 0.25) is 5.91 Å². The number of thiazole rings is 1. The molecule has 1 atom stereocenters. The molecule has 0 spiro atoms. The van der Waals surface area contributed by atoms with Crippen LogP contribution in [0.1, 0.15) is 42.1 Å². The van der Waals surface area contributed by atoms with Crippen molar-refractivity contribution in [2.45, 2.75) is 26.2 Å². The molecule has 38 heavy (non-hydrogen) atoms. The van der Waals surface area contributed by atoms with E-state index in [1.54, 1.807) is 12.4 Å². The molecule has 190 valence electrons. The van der Waals surface area contributed by atoms with E-state index in [2.05, 4.69) is 46.7 Å². The number of halogens is 1. The smallest absolute Gasteiger partial charge is 0.232 e. The van der Waals surface area contributed by atoms with Crippen LogP contribution in [-0.2, 0) is 11.2 Å². The van der Waals surface area contributed by atoms with Gasteiger partial charge in [-0.15, -0.1) is 11.3 Å². The molecular weight excluding hydrogens is 510 g/mol. The number of nitrogens with zero attached hydrogens (tertiary/aromatic N) is 2. The second kappa shape index (κ2) is 11.3. The maximum absolute atomic E-state index is 13.7. The van der Waals surface area contributed by atoms with Gasteiger partial charge in [-0.2, -0.15) is 0 Å². The van der Waals surface area contributed by atoms with Crippen molar-refractivity contribution >= 4 is 34.0 Å². The molecule has 3 aromatic carbocycles. The maximum atomic E-state index is 13.7. The minimum atomic E-state index is -0.746. The summed E-state index contributed by atoms with van der Waals surface area (Å²) in [4.78, 5) is 22.5. The molecule has 0 radical (unpaired) electrons. The summed E-state index contributed by atoms with van der Waals surface area (Å²) in [5, 5.41) is 6.37. The van der Waals surface area contributed by atoms with E-state index >= 15 is 0 Å². The Balaban J connectivity index is 1.31. The topological polar surface area (TPSA) is 54.9 Å². The summed E-state index contributed by atoms with van der Waals surface area (Å²) in [6, 6.07) is 30.3. The summed E-state index contributed by atoms with van der Waals surface area (Å²) in [5.74, 6) is -0.233. The van der Waals surface area contributed by atoms with Crippen molar-refractivity contribution in [3.05, 3.63) is 136 Å². The van der Waals surface area contributed by atoms with Crippen LogP contribution in [0.4, 0.5) is 5.13 Å². The Labute approximate surface area is 232 Å². The van der Waals surface area contributed by atoms with Gasteiger partial charge in [0.25, 0.3) is 0 Å². The zero-order chi connectivity index (χ0) is 26.5. The largest absolute Gasteiger partial charge is 0.301 e. The van der Waals surface area contributed by atoms with Crippen LogP contribution in [0, 0.1) is 5.41 Å². The Kier molecular flexibility index (Phi) is 7.68. The molecule has 1 N–H and O–H groups in total. The predicted octanol–water partition coefficient (Wildman–Crippen LogP) is 8.25. The van der Waals surface area contributed by atoms with Gasteiger partial charge in [0, 0.05) is 35.1 Å². The van der Waals surface area contributed by atoms with E-state index < -0.39 is 5.41 Å². The van der Waals surface area contributed by atoms with Gasteiger partial charge in [0.1, 0.15) is 0 Å². The average molecular weight is 538 g/mol. The summed E-state index contributed by atoms with van der Waals surface area (Å²) in [6.45, 7) is 3.96. The van der Waals surface area contributed by atoms with Crippen molar-refractivity contribution in [3.8, 4) is 11.1 Å². The van der Waals surface area contributed by atoms with Crippen molar-refractivity contribution in [3.63, 3.8) is 0 Å². The first-order valence-electron chi connectivity index (χ1n) is 12.5. The van der Waals surface area contributed by atoms with Crippen molar-refractivity contribution in [1.29, 1.82) is 0 Å². The van der Waals surface area contributed by atoms with Crippen LogP contribution in [-0.4, -0.2) is 15.9 Å². The van der Waals surface area contributed by atoms with Gasteiger partial charge in [-0.1, -0.05) is 92.2 Å².